The molecule has 0 saturated heterocycles. The molecule has 2 aromatic carbocycles. The zero-order valence-electron chi connectivity index (χ0n) is 14.8. The molecule has 0 fully saturated rings. The van der Waals surface area contributed by atoms with E-state index < -0.39 is 11.7 Å². The molecule has 0 saturated carbocycles. The van der Waals surface area contributed by atoms with Gasteiger partial charge in [-0.15, -0.1) is 0 Å². The van der Waals surface area contributed by atoms with Crippen LogP contribution < -0.4 is 10.6 Å². The van der Waals surface area contributed by atoms with Crippen LogP contribution in [0.3, 0.4) is 0 Å². The Hall–Kier alpha value is -3.48. The van der Waals surface area contributed by atoms with Gasteiger partial charge >= 0.3 is 0 Å². The maximum Gasteiger partial charge on any atom is 0.254 e. The summed E-state index contributed by atoms with van der Waals surface area (Å²) < 4.78 is 15.5. The number of nitrogens with zero attached hydrogens (tertiary/aromatic N) is 2. The minimum absolute atomic E-state index is 0.0915. The SMILES string of the molecule is Cc1nccn1-c1ccccc1CNC(=O)CNC(=O)c1ccccc1F. The van der Waals surface area contributed by atoms with Crippen LogP contribution in [0.1, 0.15) is 21.7 Å². The Labute approximate surface area is 156 Å². The number of halogens is 1. The van der Waals surface area contributed by atoms with Crippen molar-refractivity contribution >= 4 is 11.8 Å². The lowest BCUT2D eigenvalue weighted by Gasteiger charge is -2.13. The van der Waals surface area contributed by atoms with Gasteiger partial charge in [-0.3, -0.25) is 9.59 Å². The van der Waals surface area contributed by atoms with Gasteiger partial charge in [0.1, 0.15) is 11.6 Å². The molecule has 0 unspecified atom stereocenters. The number of aryl methyl sites for hydroxylation is 1. The van der Waals surface area contributed by atoms with E-state index in [4.69, 9.17) is 0 Å². The van der Waals surface area contributed by atoms with E-state index in [-0.39, 0.29) is 18.0 Å². The fourth-order valence-corrected chi connectivity index (χ4v) is 2.69. The molecule has 2 N–H and O–H groups in total. The Bertz CT molecular complexity index is 968. The summed E-state index contributed by atoms with van der Waals surface area (Å²) in [5.74, 6) is -0.777. The number of amides is 2. The summed E-state index contributed by atoms with van der Waals surface area (Å²) in [6.45, 7) is 1.95. The molecule has 0 bridgehead atoms. The molecule has 2 amide bonds. The largest absolute Gasteiger partial charge is 0.350 e. The van der Waals surface area contributed by atoms with E-state index in [1.54, 1.807) is 12.3 Å². The number of aromatic nitrogens is 2. The predicted octanol–water partition coefficient (Wildman–Crippen LogP) is 2.37. The highest BCUT2D eigenvalue weighted by molar-refractivity contribution is 5.96. The Morgan fingerprint density at radius 3 is 2.56 bits per heavy atom. The van der Waals surface area contributed by atoms with E-state index in [0.717, 1.165) is 17.1 Å². The summed E-state index contributed by atoms with van der Waals surface area (Å²) in [5, 5.41) is 5.18. The van der Waals surface area contributed by atoms with Crippen molar-refractivity contribution in [2.45, 2.75) is 13.5 Å². The van der Waals surface area contributed by atoms with Gasteiger partial charge in [0, 0.05) is 18.9 Å². The summed E-state index contributed by atoms with van der Waals surface area (Å²) in [7, 11) is 0. The highest BCUT2D eigenvalue weighted by atomic mass is 19.1. The number of carbonyl (C=O) groups excluding carboxylic acids is 2. The average Bonchev–Trinajstić information content (AvgIpc) is 3.10. The van der Waals surface area contributed by atoms with Crippen molar-refractivity contribution < 1.29 is 14.0 Å². The Morgan fingerprint density at radius 1 is 1.07 bits per heavy atom. The van der Waals surface area contributed by atoms with Gasteiger partial charge < -0.3 is 15.2 Å². The molecule has 3 rings (SSSR count). The molecule has 0 atom stereocenters. The standard InChI is InChI=1S/C20H19FN4O2/c1-14-22-10-11-25(14)18-9-5-2-6-15(18)12-23-19(26)13-24-20(27)16-7-3-4-8-17(16)21/h2-11H,12-13H2,1H3,(H,23,26)(H,24,27). The van der Waals surface area contributed by atoms with Crippen molar-refractivity contribution in [3.05, 3.63) is 83.7 Å². The lowest BCUT2D eigenvalue weighted by Crippen LogP contribution is -2.37. The molecule has 138 valence electrons. The van der Waals surface area contributed by atoms with Crippen molar-refractivity contribution in [3.8, 4) is 5.69 Å². The summed E-state index contributed by atoms with van der Waals surface area (Å²) in [6.07, 6.45) is 3.56. The molecule has 1 aromatic heterocycles. The fraction of sp³-hybridized carbons (Fsp3) is 0.150. The minimum atomic E-state index is -0.627. The van der Waals surface area contributed by atoms with E-state index >= 15 is 0 Å². The molecular weight excluding hydrogens is 347 g/mol. The fourth-order valence-electron chi connectivity index (χ4n) is 2.69. The third-order valence-electron chi connectivity index (χ3n) is 4.08. The van der Waals surface area contributed by atoms with Gasteiger partial charge in [0.25, 0.3) is 5.91 Å². The Morgan fingerprint density at radius 2 is 1.81 bits per heavy atom. The first-order valence-electron chi connectivity index (χ1n) is 8.44. The predicted molar refractivity (Wildman–Crippen MR) is 98.9 cm³/mol. The maximum atomic E-state index is 13.6. The first-order chi connectivity index (χ1) is 13.1. The van der Waals surface area contributed by atoms with E-state index in [1.807, 2.05) is 42.0 Å². The normalized spacial score (nSPS) is 10.4. The lowest BCUT2D eigenvalue weighted by atomic mass is 10.1. The van der Waals surface area contributed by atoms with Crippen LogP contribution in [0.25, 0.3) is 5.69 Å². The summed E-state index contributed by atoms with van der Waals surface area (Å²) in [4.78, 5) is 28.2. The number of benzene rings is 2. The molecule has 3 aromatic rings. The van der Waals surface area contributed by atoms with Gasteiger partial charge in [-0.05, 0) is 30.7 Å². The second-order valence-electron chi connectivity index (χ2n) is 5.91. The van der Waals surface area contributed by atoms with Gasteiger partial charge in [-0.25, -0.2) is 9.37 Å². The summed E-state index contributed by atoms with van der Waals surface area (Å²) in [6, 6.07) is 13.3. The van der Waals surface area contributed by atoms with Crippen LogP contribution in [0, 0.1) is 12.7 Å². The highest BCUT2D eigenvalue weighted by Gasteiger charge is 2.12. The number of hydrogen-bond acceptors (Lipinski definition) is 3. The van der Waals surface area contributed by atoms with Crippen LogP contribution in [-0.4, -0.2) is 27.9 Å². The van der Waals surface area contributed by atoms with E-state index in [2.05, 4.69) is 15.6 Å². The average molecular weight is 366 g/mol. The Kier molecular flexibility index (Phi) is 5.61. The molecule has 7 heteroatoms. The molecular formula is C20H19FN4O2. The maximum absolute atomic E-state index is 13.6. The third-order valence-corrected chi connectivity index (χ3v) is 4.08. The quantitative estimate of drug-likeness (QED) is 0.703. The number of hydrogen-bond donors (Lipinski definition) is 2. The molecule has 0 aliphatic heterocycles. The van der Waals surface area contributed by atoms with Crippen LogP contribution in [0.5, 0.6) is 0 Å². The van der Waals surface area contributed by atoms with Crippen LogP contribution >= 0.6 is 0 Å². The highest BCUT2D eigenvalue weighted by Crippen LogP contribution is 2.15. The van der Waals surface area contributed by atoms with Crippen molar-refractivity contribution in [1.82, 2.24) is 20.2 Å². The second kappa shape index (κ2) is 8.27. The number of para-hydroxylation sites is 1. The van der Waals surface area contributed by atoms with Crippen LogP contribution in [0.15, 0.2) is 60.9 Å². The first-order valence-corrected chi connectivity index (χ1v) is 8.44. The molecule has 0 aliphatic rings. The number of imidazole rings is 1. The van der Waals surface area contributed by atoms with E-state index in [0.29, 0.717) is 6.54 Å². The third kappa shape index (κ3) is 4.38. The number of rotatable bonds is 6. The van der Waals surface area contributed by atoms with Gasteiger partial charge in [0.05, 0.1) is 17.8 Å². The minimum Gasteiger partial charge on any atom is -0.350 e. The van der Waals surface area contributed by atoms with E-state index in [1.165, 1.54) is 18.2 Å². The van der Waals surface area contributed by atoms with Crippen molar-refractivity contribution in [2.24, 2.45) is 0 Å². The Balaban J connectivity index is 1.58. The number of carbonyl (C=O) groups is 2. The van der Waals surface area contributed by atoms with Crippen molar-refractivity contribution in [1.29, 1.82) is 0 Å². The molecule has 6 nitrogen and oxygen atoms in total. The van der Waals surface area contributed by atoms with Crippen molar-refractivity contribution in [3.63, 3.8) is 0 Å². The second-order valence-corrected chi connectivity index (χ2v) is 5.91. The van der Waals surface area contributed by atoms with Gasteiger partial charge in [-0.1, -0.05) is 30.3 Å². The molecule has 1 heterocycles. The molecule has 27 heavy (non-hydrogen) atoms. The zero-order valence-corrected chi connectivity index (χ0v) is 14.8. The lowest BCUT2D eigenvalue weighted by molar-refractivity contribution is -0.120. The van der Waals surface area contributed by atoms with E-state index in [9.17, 15) is 14.0 Å². The topological polar surface area (TPSA) is 76.0 Å². The molecule has 0 radical (unpaired) electrons. The number of nitrogens with one attached hydrogen (secondary N) is 2. The monoisotopic (exact) mass is 366 g/mol. The van der Waals surface area contributed by atoms with Gasteiger partial charge in [-0.2, -0.15) is 0 Å². The summed E-state index contributed by atoms with van der Waals surface area (Å²) in [5.41, 5.74) is 1.74. The van der Waals surface area contributed by atoms with Gasteiger partial charge in [0.15, 0.2) is 0 Å². The van der Waals surface area contributed by atoms with Crippen LogP contribution in [-0.2, 0) is 11.3 Å². The van der Waals surface area contributed by atoms with Gasteiger partial charge in [0.2, 0.25) is 5.91 Å². The zero-order chi connectivity index (χ0) is 19.2. The first kappa shape index (κ1) is 18.3. The van der Waals surface area contributed by atoms with Crippen LogP contribution in [0.2, 0.25) is 0 Å². The van der Waals surface area contributed by atoms with Crippen LogP contribution in [0.4, 0.5) is 4.39 Å². The van der Waals surface area contributed by atoms with Crippen molar-refractivity contribution in [2.75, 3.05) is 6.54 Å². The summed E-state index contributed by atoms with van der Waals surface area (Å²) >= 11 is 0. The molecule has 0 aliphatic carbocycles. The molecule has 0 spiro atoms. The smallest absolute Gasteiger partial charge is 0.254 e.